The third-order valence-electron chi connectivity index (χ3n) is 4.00. The molecule has 0 radical (unpaired) electrons. The first-order chi connectivity index (χ1) is 12.7. The number of nitriles is 1. The van der Waals surface area contributed by atoms with Crippen molar-refractivity contribution in [3.05, 3.63) is 33.6 Å². The Morgan fingerprint density at radius 2 is 2.31 bits per heavy atom. The van der Waals surface area contributed by atoms with E-state index in [1.54, 1.807) is 11.3 Å². The number of aromatic nitrogens is 4. The summed E-state index contributed by atoms with van der Waals surface area (Å²) in [6, 6.07) is 6.53. The fraction of sp³-hybridized carbons (Fsp3) is 0.353. The van der Waals surface area contributed by atoms with Crippen LogP contribution in [0.3, 0.4) is 0 Å². The Hall–Kier alpha value is -2.02. The lowest BCUT2D eigenvalue weighted by molar-refractivity contribution is -0.116. The van der Waals surface area contributed by atoms with E-state index in [0.717, 1.165) is 34.4 Å². The van der Waals surface area contributed by atoms with Crippen molar-refractivity contribution in [3.63, 3.8) is 0 Å². The quantitative estimate of drug-likeness (QED) is 0.555. The predicted molar refractivity (Wildman–Crippen MR) is 103 cm³/mol. The van der Waals surface area contributed by atoms with Crippen LogP contribution in [0.4, 0.5) is 0 Å². The summed E-state index contributed by atoms with van der Waals surface area (Å²) in [6.45, 7) is 1.86. The summed E-state index contributed by atoms with van der Waals surface area (Å²) in [4.78, 5) is 17.9. The van der Waals surface area contributed by atoms with E-state index in [1.807, 2.05) is 29.8 Å². The average molecular weight is 402 g/mol. The first-order valence-corrected chi connectivity index (χ1v) is 10.9. The van der Waals surface area contributed by atoms with Gasteiger partial charge in [-0.3, -0.25) is 9.36 Å². The highest BCUT2D eigenvalue weighted by molar-refractivity contribution is 7.99. The normalized spacial score (nSPS) is 14.9. The Kier molecular flexibility index (Phi) is 4.89. The number of carbonyl (C=O) groups is 1. The van der Waals surface area contributed by atoms with Crippen LogP contribution in [-0.2, 0) is 4.79 Å². The van der Waals surface area contributed by atoms with E-state index in [-0.39, 0.29) is 11.5 Å². The van der Waals surface area contributed by atoms with Crippen LogP contribution in [0, 0.1) is 18.3 Å². The van der Waals surface area contributed by atoms with Gasteiger partial charge in [-0.2, -0.15) is 5.26 Å². The van der Waals surface area contributed by atoms with Crippen LogP contribution in [0.2, 0.25) is 0 Å². The molecule has 1 aliphatic rings. The molecular weight excluding hydrogens is 386 g/mol. The molecule has 4 rings (SSSR count). The Morgan fingerprint density at radius 3 is 2.92 bits per heavy atom. The number of thioether (sulfide) groups is 1. The van der Waals surface area contributed by atoms with Gasteiger partial charge >= 0.3 is 0 Å². The lowest BCUT2D eigenvalue weighted by Crippen LogP contribution is -2.13. The van der Waals surface area contributed by atoms with Crippen molar-refractivity contribution in [1.29, 1.82) is 5.26 Å². The number of hydrogen-bond acceptors (Lipinski definition) is 8. The van der Waals surface area contributed by atoms with Crippen LogP contribution >= 0.6 is 34.4 Å². The molecule has 3 aromatic rings. The minimum Gasteiger partial charge on any atom is -0.298 e. The number of carbonyl (C=O) groups excluding carboxylic acids is 1. The molecule has 0 aromatic carbocycles. The van der Waals surface area contributed by atoms with Gasteiger partial charge < -0.3 is 0 Å². The maximum atomic E-state index is 12.6. The van der Waals surface area contributed by atoms with Gasteiger partial charge in [-0.05, 0) is 31.2 Å². The molecule has 0 aliphatic heterocycles. The second-order valence-corrected chi connectivity index (χ2v) is 8.81. The molecular formula is C17H15N5OS3. The zero-order valence-electron chi connectivity index (χ0n) is 14.0. The van der Waals surface area contributed by atoms with E-state index in [9.17, 15) is 10.1 Å². The Morgan fingerprint density at radius 1 is 1.46 bits per heavy atom. The summed E-state index contributed by atoms with van der Waals surface area (Å²) in [6.07, 6.45) is 2.22. The molecule has 3 aromatic heterocycles. The van der Waals surface area contributed by atoms with Crippen LogP contribution in [0.5, 0.6) is 0 Å². The lowest BCUT2D eigenvalue weighted by Gasteiger charge is -2.08. The highest BCUT2D eigenvalue weighted by atomic mass is 32.2. The molecule has 1 aliphatic carbocycles. The summed E-state index contributed by atoms with van der Waals surface area (Å²) in [5, 5.41) is 23.2. The summed E-state index contributed by atoms with van der Waals surface area (Å²) < 4.78 is 2.14. The fourth-order valence-electron chi connectivity index (χ4n) is 2.60. The number of rotatable bonds is 7. The number of thiazole rings is 1. The van der Waals surface area contributed by atoms with Gasteiger partial charge in [-0.25, -0.2) is 4.98 Å². The van der Waals surface area contributed by atoms with Crippen LogP contribution < -0.4 is 0 Å². The smallest absolute Gasteiger partial charge is 0.192 e. The van der Waals surface area contributed by atoms with Crippen molar-refractivity contribution in [2.24, 2.45) is 0 Å². The minimum absolute atomic E-state index is 0.144. The topological polar surface area (TPSA) is 84.5 Å². The molecule has 0 bridgehead atoms. The molecule has 1 saturated carbocycles. The molecule has 132 valence electrons. The number of ketones is 1. The molecule has 9 heteroatoms. The zero-order valence-corrected chi connectivity index (χ0v) is 16.4. The van der Waals surface area contributed by atoms with E-state index < -0.39 is 5.92 Å². The van der Waals surface area contributed by atoms with Gasteiger partial charge in [-0.15, -0.1) is 32.9 Å². The number of Topliss-reactive ketones (excluding diaryl/α,β-unsaturated/α-hetero) is 1. The maximum absolute atomic E-state index is 12.6. The van der Waals surface area contributed by atoms with Gasteiger partial charge in [0, 0.05) is 17.1 Å². The molecule has 0 amide bonds. The third kappa shape index (κ3) is 3.45. The molecule has 0 unspecified atom stereocenters. The molecule has 6 nitrogen and oxygen atoms in total. The Bertz CT molecular complexity index is 965. The van der Waals surface area contributed by atoms with Gasteiger partial charge in [0.1, 0.15) is 5.01 Å². The van der Waals surface area contributed by atoms with Crippen LogP contribution in [0.1, 0.15) is 35.5 Å². The lowest BCUT2D eigenvalue weighted by atomic mass is 10.1. The van der Waals surface area contributed by atoms with Crippen LogP contribution in [-0.4, -0.2) is 31.3 Å². The van der Waals surface area contributed by atoms with Crippen molar-refractivity contribution in [1.82, 2.24) is 19.7 Å². The fourth-order valence-corrected chi connectivity index (χ4v) is 5.08. The second-order valence-electron chi connectivity index (χ2n) is 6.03. The first-order valence-electron chi connectivity index (χ1n) is 8.13. The highest BCUT2D eigenvalue weighted by Gasteiger charge is 2.31. The highest BCUT2D eigenvalue weighted by Crippen LogP contribution is 2.41. The van der Waals surface area contributed by atoms with Gasteiger partial charge in [0.05, 0.1) is 16.7 Å². The molecule has 0 spiro atoms. The van der Waals surface area contributed by atoms with Crippen LogP contribution in [0.15, 0.2) is 28.0 Å². The van der Waals surface area contributed by atoms with Crippen molar-refractivity contribution in [2.45, 2.75) is 36.9 Å². The zero-order chi connectivity index (χ0) is 18.1. The monoisotopic (exact) mass is 401 g/mol. The summed E-state index contributed by atoms with van der Waals surface area (Å²) in [7, 11) is 0. The van der Waals surface area contributed by atoms with E-state index in [0.29, 0.717) is 11.0 Å². The number of hydrogen-bond donors (Lipinski definition) is 0. The molecule has 1 fully saturated rings. The number of nitrogens with zero attached hydrogens (tertiary/aromatic N) is 5. The van der Waals surface area contributed by atoms with Gasteiger partial charge in [0.15, 0.2) is 22.7 Å². The summed E-state index contributed by atoms with van der Waals surface area (Å²) in [5.74, 6) is 0.0987. The van der Waals surface area contributed by atoms with Crippen LogP contribution in [0.25, 0.3) is 10.7 Å². The predicted octanol–water partition coefficient (Wildman–Crippen LogP) is 4.08. The molecule has 1 atom stereocenters. The SMILES string of the molecule is Cc1csc([C@H](C#N)C(=O)CSc2nnc(-c3cccs3)n2C2CC2)n1. The molecule has 3 heterocycles. The standard InChI is InChI=1S/C17H15N5OS3/c1-10-8-25-16(19-10)12(7-18)13(23)9-26-17-21-20-15(14-3-2-6-24-14)22(17)11-4-5-11/h2-3,6,8,11-12H,4-5,9H2,1H3/t12-/m1/s1. The van der Waals surface area contributed by atoms with Crippen molar-refractivity contribution < 1.29 is 4.79 Å². The Labute approximate surface area is 162 Å². The second kappa shape index (κ2) is 7.31. The summed E-state index contributed by atoms with van der Waals surface area (Å²) >= 11 is 4.35. The molecule has 0 N–H and O–H groups in total. The minimum atomic E-state index is -0.810. The van der Waals surface area contributed by atoms with E-state index in [1.165, 1.54) is 23.1 Å². The Balaban J connectivity index is 1.51. The maximum Gasteiger partial charge on any atom is 0.192 e. The number of aryl methyl sites for hydroxylation is 1. The third-order valence-corrected chi connectivity index (χ3v) is 6.86. The van der Waals surface area contributed by atoms with E-state index >= 15 is 0 Å². The van der Waals surface area contributed by atoms with E-state index in [2.05, 4.69) is 25.8 Å². The largest absolute Gasteiger partial charge is 0.298 e. The van der Waals surface area contributed by atoms with Gasteiger partial charge in [0.25, 0.3) is 0 Å². The van der Waals surface area contributed by atoms with Gasteiger partial charge in [-0.1, -0.05) is 17.8 Å². The molecule has 26 heavy (non-hydrogen) atoms. The average Bonchev–Trinajstić information content (AvgIpc) is 3.04. The van der Waals surface area contributed by atoms with E-state index in [4.69, 9.17) is 0 Å². The number of thiophene rings is 1. The summed E-state index contributed by atoms with van der Waals surface area (Å²) in [5.41, 5.74) is 0.833. The molecule has 0 saturated heterocycles. The van der Waals surface area contributed by atoms with Crippen molar-refractivity contribution >= 4 is 40.2 Å². The first kappa shape index (κ1) is 17.4. The van der Waals surface area contributed by atoms with Crippen molar-refractivity contribution in [2.75, 3.05) is 5.75 Å². The van der Waals surface area contributed by atoms with Crippen molar-refractivity contribution in [3.8, 4) is 16.8 Å². The van der Waals surface area contributed by atoms with Gasteiger partial charge in [0.2, 0.25) is 0 Å².